The van der Waals surface area contributed by atoms with Crippen molar-refractivity contribution in [1.82, 2.24) is 9.97 Å². The van der Waals surface area contributed by atoms with Crippen LogP contribution >= 0.6 is 0 Å². The number of ether oxygens (including phenoxy) is 1. The van der Waals surface area contributed by atoms with Crippen LogP contribution in [-0.2, 0) is 12.8 Å². The number of carbonyl (C=O) groups excluding carboxylic acids is 1. The van der Waals surface area contributed by atoms with Crippen molar-refractivity contribution >= 4 is 5.97 Å². The summed E-state index contributed by atoms with van der Waals surface area (Å²) in [5, 5.41) is 9.57. The van der Waals surface area contributed by atoms with Gasteiger partial charge in [0.2, 0.25) is 0 Å². The third-order valence-electron chi connectivity index (χ3n) is 6.34. The van der Waals surface area contributed by atoms with E-state index in [4.69, 9.17) is 4.74 Å². The van der Waals surface area contributed by atoms with Gasteiger partial charge in [-0.25, -0.2) is 14.8 Å². The first kappa shape index (κ1) is 27.1. The number of rotatable bonds is 14. The molecule has 2 aromatic carbocycles. The highest BCUT2D eigenvalue weighted by Crippen LogP contribution is 2.23. The number of hydrogen-bond donors (Lipinski definition) is 0. The maximum Gasteiger partial charge on any atom is 0.343 e. The van der Waals surface area contributed by atoms with E-state index in [9.17, 15) is 10.1 Å². The Bertz CT molecular complexity index is 1130. The molecule has 1 aromatic heterocycles. The van der Waals surface area contributed by atoms with Crippen LogP contribution in [0, 0.1) is 11.3 Å². The van der Waals surface area contributed by atoms with Crippen molar-refractivity contribution in [3.63, 3.8) is 0 Å². The maximum atomic E-state index is 12.7. The Hall–Kier alpha value is -3.52. The number of benzene rings is 2. The van der Waals surface area contributed by atoms with Crippen LogP contribution in [0.15, 0.2) is 54.9 Å². The zero-order valence-electron chi connectivity index (χ0n) is 21.6. The minimum atomic E-state index is -0.492. The topological polar surface area (TPSA) is 75.9 Å². The lowest BCUT2D eigenvalue weighted by Gasteiger charge is -2.09. The van der Waals surface area contributed by atoms with E-state index in [0.717, 1.165) is 42.4 Å². The first-order chi connectivity index (χ1) is 17.6. The lowest BCUT2D eigenvalue weighted by atomic mass is 10.0. The smallest absolute Gasteiger partial charge is 0.343 e. The van der Waals surface area contributed by atoms with Gasteiger partial charge in [-0.15, -0.1) is 0 Å². The summed E-state index contributed by atoms with van der Waals surface area (Å²) in [6.07, 6.45) is 16.6. The summed E-state index contributed by atoms with van der Waals surface area (Å²) < 4.78 is 5.56. The molecular formula is C31H37N3O2. The minimum Gasteiger partial charge on any atom is -0.422 e. The van der Waals surface area contributed by atoms with E-state index in [1.165, 1.54) is 44.9 Å². The lowest BCUT2D eigenvalue weighted by Crippen LogP contribution is -2.09. The molecule has 0 radical (unpaired) electrons. The average Bonchev–Trinajstić information content (AvgIpc) is 2.92. The van der Waals surface area contributed by atoms with Crippen molar-refractivity contribution in [2.24, 2.45) is 0 Å². The van der Waals surface area contributed by atoms with Crippen LogP contribution in [0.2, 0.25) is 0 Å². The molecule has 0 unspecified atom stereocenters. The number of aryl methyl sites for hydroxylation is 2. The van der Waals surface area contributed by atoms with E-state index in [-0.39, 0.29) is 0 Å². The highest BCUT2D eigenvalue weighted by atomic mass is 16.5. The van der Waals surface area contributed by atoms with Crippen LogP contribution < -0.4 is 4.74 Å². The molecule has 5 heteroatoms. The van der Waals surface area contributed by atoms with E-state index < -0.39 is 5.97 Å². The highest BCUT2D eigenvalue weighted by molar-refractivity contribution is 5.91. The number of unbranched alkanes of at least 4 members (excludes halogenated alkanes) is 7. The third-order valence-corrected chi connectivity index (χ3v) is 6.34. The first-order valence-corrected chi connectivity index (χ1v) is 13.3. The molecule has 188 valence electrons. The Balaban J connectivity index is 1.57. The summed E-state index contributed by atoms with van der Waals surface area (Å²) in [6.45, 7) is 4.41. The Morgan fingerprint density at radius 1 is 0.806 bits per heavy atom. The fraction of sp³-hybridized carbons (Fsp3) is 0.419. The van der Waals surface area contributed by atoms with Crippen molar-refractivity contribution in [3.8, 4) is 23.2 Å². The molecule has 3 aromatic rings. The predicted molar refractivity (Wildman–Crippen MR) is 144 cm³/mol. The van der Waals surface area contributed by atoms with Crippen LogP contribution in [-0.4, -0.2) is 15.9 Å². The van der Waals surface area contributed by atoms with E-state index in [1.807, 2.05) is 36.7 Å². The second kappa shape index (κ2) is 14.8. The Labute approximate surface area is 215 Å². The summed E-state index contributed by atoms with van der Waals surface area (Å²) in [7, 11) is 0. The monoisotopic (exact) mass is 483 g/mol. The maximum absolute atomic E-state index is 12.7. The Morgan fingerprint density at radius 2 is 1.42 bits per heavy atom. The first-order valence-electron chi connectivity index (χ1n) is 13.3. The molecule has 0 aliphatic rings. The van der Waals surface area contributed by atoms with Gasteiger partial charge in [-0.2, -0.15) is 5.26 Å². The van der Waals surface area contributed by atoms with Gasteiger partial charge < -0.3 is 4.74 Å². The van der Waals surface area contributed by atoms with Gasteiger partial charge in [-0.05, 0) is 61.1 Å². The zero-order valence-corrected chi connectivity index (χ0v) is 21.6. The molecule has 5 nitrogen and oxygen atoms in total. The van der Waals surface area contributed by atoms with E-state index in [1.54, 1.807) is 18.2 Å². The molecule has 0 aliphatic carbocycles. The molecule has 0 amide bonds. The van der Waals surface area contributed by atoms with Crippen LogP contribution in [0.1, 0.15) is 98.7 Å². The van der Waals surface area contributed by atoms with Gasteiger partial charge in [-0.1, -0.05) is 77.0 Å². The minimum absolute atomic E-state index is 0.291. The molecule has 36 heavy (non-hydrogen) atoms. The standard InChI is InChI=1S/C31H37N3O2/c1-3-5-7-9-11-12-24-14-19-29(28(20-24)21-32)36-31(35)27-17-15-26(16-18-27)30-33-22-25(23-34-30)13-10-8-6-4-2/h14-20,22-23H,3-13H2,1-2H3. The van der Waals surface area contributed by atoms with Gasteiger partial charge >= 0.3 is 5.97 Å². The normalized spacial score (nSPS) is 10.7. The summed E-state index contributed by atoms with van der Waals surface area (Å²) in [5.41, 5.74) is 3.87. The third kappa shape index (κ3) is 8.30. The van der Waals surface area contributed by atoms with Crippen molar-refractivity contribution in [1.29, 1.82) is 5.26 Å². The Morgan fingerprint density at radius 3 is 2.06 bits per heavy atom. The van der Waals surface area contributed by atoms with Crippen molar-refractivity contribution in [2.75, 3.05) is 0 Å². The number of hydrogen-bond acceptors (Lipinski definition) is 5. The van der Waals surface area contributed by atoms with E-state index in [2.05, 4.69) is 29.9 Å². The van der Waals surface area contributed by atoms with Crippen molar-refractivity contribution in [3.05, 3.63) is 77.1 Å². The van der Waals surface area contributed by atoms with Gasteiger partial charge in [0, 0.05) is 18.0 Å². The van der Waals surface area contributed by atoms with Crippen LogP contribution in [0.5, 0.6) is 5.75 Å². The predicted octanol–water partition coefficient (Wildman–Crippen LogP) is 7.87. The number of nitrogens with zero attached hydrogens (tertiary/aromatic N) is 3. The fourth-order valence-electron chi connectivity index (χ4n) is 4.14. The number of carbonyl (C=O) groups is 1. The van der Waals surface area contributed by atoms with Crippen LogP contribution in [0.4, 0.5) is 0 Å². The van der Waals surface area contributed by atoms with Gasteiger partial charge in [0.05, 0.1) is 11.1 Å². The summed E-state index contributed by atoms with van der Waals surface area (Å²) in [5.74, 6) is 0.428. The lowest BCUT2D eigenvalue weighted by molar-refractivity contribution is 0.0734. The molecule has 0 spiro atoms. The molecule has 0 bridgehead atoms. The molecule has 0 atom stereocenters. The molecular weight excluding hydrogens is 446 g/mol. The Kier molecular flexibility index (Phi) is 11.1. The SMILES string of the molecule is CCCCCCCc1ccc(OC(=O)c2ccc(-c3ncc(CCCCCC)cn3)cc2)c(C#N)c1. The van der Waals surface area contributed by atoms with Gasteiger partial charge in [-0.3, -0.25) is 0 Å². The van der Waals surface area contributed by atoms with E-state index in [0.29, 0.717) is 22.7 Å². The molecule has 0 N–H and O–H groups in total. The number of aromatic nitrogens is 2. The molecule has 3 rings (SSSR count). The van der Waals surface area contributed by atoms with Gasteiger partial charge in [0.15, 0.2) is 5.82 Å². The van der Waals surface area contributed by atoms with Crippen molar-refractivity contribution < 1.29 is 9.53 Å². The zero-order chi connectivity index (χ0) is 25.6. The quantitative estimate of drug-likeness (QED) is 0.132. The number of nitriles is 1. The van der Waals surface area contributed by atoms with Crippen LogP contribution in [0.3, 0.4) is 0 Å². The second-order valence-electron chi connectivity index (χ2n) is 9.30. The van der Waals surface area contributed by atoms with Crippen LogP contribution in [0.25, 0.3) is 11.4 Å². The molecule has 0 saturated heterocycles. The molecule has 0 aliphatic heterocycles. The molecule has 0 saturated carbocycles. The summed E-state index contributed by atoms with van der Waals surface area (Å²) in [4.78, 5) is 21.7. The summed E-state index contributed by atoms with van der Waals surface area (Å²) >= 11 is 0. The number of esters is 1. The highest BCUT2D eigenvalue weighted by Gasteiger charge is 2.13. The van der Waals surface area contributed by atoms with Gasteiger partial charge in [0.25, 0.3) is 0 Å². The average molecular weight is 484 g/mol. The fourth-order valence-corrected chi connectivity index (χ4v) is 4.14. The summed E-state index contributed by atoms with van der Waals surface area (Å²) in [6, 6.07) is 14.7. The van der Waals surface area contributed by atoms with Gasteiger partial charge in [0.1, 0.15) is 11.8 Å². The largest absolute Gasteiger partial charge is 0.422 e. The second-order valence-corrected chi connectivity index (χ2v) is 9.30. The van der Waals surface area contributed by atoms with Crippen molar-refractivity contribution in [2.45, 2.75) is 84.5 Å². The van der Waals surface area contributed by atoms with E-state index >= 15 is 0 Å². The molecule has 1 heterocycles. The molecule has 0 fully saturated rings.